The first-order valence-electron chi connectivity index (χ1n) is 11.4. The van der Waals surface area contributed by atoms with Gasteiger partial charge in [0, 0.05) is 48.9 Å². The standard InChI is InChI=1S/C27H28N4O3/c1-2-28-27(34)24(16-21-17-30-23-11-7-6-10-22(21)23)31-18-20(12-13-25(31)32)26(33)29-15-14-19-8-4-3-5-9-19/h3-13,17-18,24,30H,2,14-16H2,1H3,(H,28,34)(H,29,33). The number of para-hydroxylation sites is 1. The van der Waals surface area contributed by atoms with Crippen LogP contribution in [0.1, 0.15) is 34.5 Å². The van der Waals surface area contributed by atoms with Gasteiger partial charge in [-0.25, -0.2) is 0 Å². The number of carbonyl (C=O) groups is 2. The molecule has 2 aromatic carbocycles. The minimum Gasteiger partial charge on any atom is -0.361 e. The Morgan fingerprint density at radius 1 is 0.971 bits per heavy atom. The van der Waals surface area contributed by atoms with Gasteiger partial charge in [0.1, 0.15) is 6.04 Å². The maximum atomic E-state index is 13.0. The summed E-state index contributed by atoms with van der Waals surface area (Å²) >= 11 is 0. The molecule has 0 aliphatic carbocycles. The molecule has 0 radical (unpaired) electrons. The number of nitrogens with one attached hydrogen (secondary N) is 3. The Morgan fingerprint density at radius 3 is 2.53 bits per heavy atom. The molecule has 2 amide bonds. The van der Waals surface area contributed by atoms with Crippen LogP contribution in [-0.2, 0) is 17.6 Å². The third kappa shape index (κ3) is 5.26. The maximum Gasteiger partial charge on any atom is 0.252 e. The van der Waals surface area contributed by atoms with E-state index in [1.807, 2.05) is 67.7 Å². The molecular weight excluding hydrogens is 428 g/mol. The summed E-state index contributed by atoms with van der Waals surface area (Å²) in [7, 11) is 0. The van der Waals surface area contributed by atoms with Crippen molar-refractivity contribution in [3.8, 4) is 0 Å². The highest BCUT2D eigenvalue weighted by Crippen LogP contribution is 2.23. The van der Waals surface area contributed by atoms with Crippen molar-refractivity contribution in [1.82, 2.24) is 20.2 Å². The van der Waals surface area contributed by atoms with E-state index >= 15 is 0 Å². The lowest BCUT2D eigenvalue weighted by Gasteiger charge is -2.20. The molecule has 0 fully saturated rings. The Kier molecular flexibility index (Phi) is 7.22. The van der Waals surface area contributed by atoms with Gasteiger partial charge in [0.25, 0.3) is 11.5 Å². The first-order chi connectivity index (χ1) is 16.6. The van der Waals surface area contributed by atoms with E-state index in [1.54, 1.807) is 0 Å². The molecule has 3 N–H and O–H groups in total. The zero-order valence-electron chi connectivity index (χ0n) is 19.1. The summed E-state index contributed by atoms with van der Waals surface area (Å²) in [5.41, 5.74) is 3.02. The fraction of sp³-hybridized carbons (Fsp3) is 0.222. The van der Waals surface area contributed by atoms with E-state index in [0.717, 1.165) is 22.0 Å². The number of likely N-dealkylation sites (N-methyl/N-ethyl adjacent to an activating group) is 1. The highest BCUT2D eigenvalue weighted by atomic mass is 16.2. The molecule has 2 heterocycles. The number of fused-ring (bicyclic) bond motifs is 1. The van der Waals surface area contributed by atoms with Gasteiger partial charge >= 0.3 is 0 Å². The number of hydrogen-bond donors (Lipinski definition) is 3. The molecule has 4 rings (SSSR count). The van der Waals surface area contributed by atoms with Crippen LogP contribution in [0.5, 0.6) is 0 Å². The second-order valence-electron chi connectivity index (χ2n) is 8.13. The van der Waals surface area contributed by atoms with Crippen LogP contribution in [0.4, 0.5) is 0 Å². The Hall–Kier alpha value is -4.13. The minimum atomic E-state index is -0.788. The molecule has 2 aromatic heterocycles. The number of pyridine rings is 1. The van der Waals surface area contributed by atoms with Crippen LogP contribution in [0.3, 0.4) is 0 Å². The SMILES string of the molecule is CCNC(=O)C(Cc1c[nH]c2ccccc12)n1cc(C(=O)NCCc2ccccc2)ccc1=O. The van der Waals surface area contributed by atoms with Crippen LogP contribution in [0.25, 0.3) is 10.9 Å². The van der Waals surface area contributed by atoms with Crippen LogP contribution in [0, 0.1) is 0 Å². The monoisotopic (exact) mass is 456 g/mol. The van der Waals surface area contributed by atoms with Gasteiger partial charge in [-0.3, -0.25) is 14.4 Å². The van der Waals surface area contributed by atoms with Gasteiger partial charge in [0.15, 0.2) is 0 Å². The Balaban J connectivity index is 1.57. The normalized spacial score (nSPS) is 11.8. The average Bonchev–Trinajstić information content (AvgIpc) is 3.26. The van der Waals surface area contributed by atoms with E-state index in [1.165, 1.54) is 22.9 Å². The largest absolute Gasteiger partial charge is 0.361 e. The molecule has 0 bridgehead atoms. The van der Waals surface area contributed by atoms with E-state index in [4.69, 9.17) is 0 Å². The smallest absolute Gasteiger partial charge is 0.252 e. The van der Waals surface area contributed by atoms with Gasteiger partial charge in [0.05, 0.1) is 5.56 Å². The molecule has 4 aromatic rings. The minimum absolute atomic E-state index is 0.267. The number of nitrogens with zero attached hydrogens (tertiary/aromatic N) is 1. The number of aromatic amines is 1. The third-order valence-corrected chi connectivity index (χ3v) is 5.82. The summed E-state index contributed by atoms with van der Waals surface area (Å²) in [5.74, 6) is -0.553. The number of H-pyrrole nitrogens is 1. The average molecular weight is 457 g/mol. The topological polar surface area (TPSA) is 96.0 Å². The number of amides is 2. The maximum absolute atomic E-state index is 13.0. The first kappa shape index (κ1) is 23.0. The summed E-state index contributed by atoms with van der Waals surface area (Å²) in [6, 6.07) is 19.8. The van der Waals surface area contributed by atoms with Crippen molar-refractivity contribution < 1.29 is 9.59 Å². The van der Waals surface area contributed by atoms with E-state index < -0.39 is 6.04 Å². The molecule has 1 unspecified atom stereocenters. The second kappa shape index (κ2) is 10.7. The summed E-state index contributed by atoms with van der Waals surface area (Å²) in [6.07, 6.45) is 4.36. The van der Waals surface area contributed by atoms with Crippen molar-refractivity contribution in [3.05, 3.63) is 106 Å². The van der Waals surface area contributed by atoms with E-state index in [0.29, 0.717) is 31.5 Å². The number of carbonyl (C=O) groups excluding carboxylic acids is 2. The van der Waals surface area contributed by atoms with E-state index in [2.05, 4.69) is 15.6 Å². The van der Waals surface area contributed by atoms with Gasteiger partial charge < -0.3 is 20.2 Å². The van der Waals surface area contributed by atoms with Crippen LogP contribution >= 0.6 is 0 Å². The fourth-order valence-corrected chi connectivity index (χ4v) is 4.07. The summed E-state index contributed by atoms with van der Waals surface area (Å²) in [4.78, 5) is 41.8. The van der Waals surface area contributed by atoms with Crippen molar-refractivity contribution in [2.24, 2.45) is 0 Å². The van der Waals surface area contributed by atoms with E-state index in [-0.39, 0.29) is 17.4 Å². The lowest BCUT2D eigenvalue weighted by molar-refractivity contribution is -0.124. The Labute approximate surface area is 197 Å². The van der Waals surface area contributed by atoms with Gasteiger partial charge in [-0.2, -0.15) is 0 Å². The predicted octanol–water partition coefficient (Wildman–Crippen LogP) is 3.22. The molecule has 1 atom stereocenters. The number of aromatic nitrogens is 2. The number of benzene rings is 2. The van der Waals surface area contributed by atoms with Crippen molar-refractivity contribution in [2.45, 2.75) is 25.8 Å². The lowest BCUT2D eigenvalue weighted by Crippen LogP contribution is -2.38. The van der Waals surface area contributed by atoms with Gasteiger partial charge in [0.2, 0.25) is 5.91 Å². The molecular formula is C27H28N4O3. The Bertz CT molecular complexity index is 1340. The molecule has 0 saturated heterocycles. The van der Waals surface area contributed by atoms with E-state index in [9.17, 15) is 14.4 Å². The molecule has 34 heavy (non-hydrogen) atoms. The highest BCUT2D eigenvalue weighted by Gasteiger charge is 2.24. The van der Waals surface area contributed by atoms with Crippen LogP contribution in [-0.4, -0.2) is 34.5 Å². The quantitative estimate of drug-likeness (QED) is 0.361. The molecule has 174 valence electrons. The zero-order valence-corrected chi connectivity index (χ0v) is 19.1. The number of rotatable bonds is 9. The van der Waals surface area contributed by atoms with Gasteiger partial charge in [-0.15, -0.1) is 0 Å². The highest BCUT2D eigenvalue weighted by molar-refractivity contribution is 5.94. The van der Waals surface area contributed by atoms with Gasteiger partial charge in [-0.05, 0) is 36.6 Å². The fourth-order valence-electron chi connectivity index (χ4n) is 4.07. The molecule has 0 aliphatic rings. The predicted molar refractivity (Wildman–Crippen MR) is 133 cm³/mol. The summed E-state index contributed by atoms with van der Waals surface area (Å²) in [6.45, 7) is 2.74. The lowest BCUT2D eigenvalue weighted by atomic mass is 10.0. The van der Waals surface area contributed by atoms with Crippen LogP contribution < -0.4 is 16.2 Å². The molecule has 0 spiro atoms. The summed E-state index contributed by atoms with van der Waals surface area (Å²) in [5, 5.41) is 6.72. The van der Waals surface area contributed by atoms with Crippen LogP contribution in [0.15, 0.2) is 83.9 Å². The second-order valence-corrected chi connectivity index (χ2v) is 8.13. The van der Waals surface area contributed by atoms with Crippen molar-refractivity contribution >= 4 is 22.7 Å². The molecule has 0 aliphatic heterocycles. The molecule has 7 heteroatoms. The van der Waals surface area contributed by atoms with Gasteiger partial charge in [-0.1, -0.05) is 48.5 Å². The zero-order chi connectivity index (χ0) is 23.9. The Morgan fingerprint density at radius 2 is 1.74 bits per heavy atom. The number of hydrogen-bond acceptors (Lipinski definition) is 3. The van der Waals surface area contributed by atoms with Crippen LogP contribution in [0.2, 0.25) is 0 Å². The van der Waals surface area contributed by atoms with Crippen molar-refractivity contribution in [1.29, 1.82) is 0 Å². The molecule has 0 saturated carbocycles. The van der Waals surface area contributed by atoms with Crippen molar-refractivity contribution in [3.63, 3.8) is 0 Å². The molecule has 7 nitrogen and oxygen atoms in total. The summed E-state index contributed by atoms with van der Waals surface area (Å²) < 4.78 is 1.36. The first-order valence-corrected chi connectivity index (χ1v) is 11.4. The third-order valence-electron chi connectivity index (χ3n) is 5.82. The van der Waals surface area contributed by atoms with Crippen molar-refractivity contribution in [2.75, 3.05) is 13.1 Å².